The van der Waals surface area contributed by atoms with E-state index in [1.807, 2.05) is 33.8 Å². The van der Waals surface area contributed by atoms with Gasteiger partial charge in [0.15, 0.2) is 0 Å². The molecule has 1 saturated carbocycles. The minimum atomic E-state index is -0.543. The van der Waals surface area contributed by atoms with Crippen LogP contribution in [0.1, 0.15) is 77.5 Å². The summed E-state index contributed by atoms with van der Waals surface area (Å²) in [5, 5.41) is 12.9. The van der Waals surface area contributed by atoms with Gasteiger partial charge < -0.3 is 24.3 Å². The highest BCUT2D eigenvalue weighted by Gasteiger charge is 2.53. The number of nitrogens with one attached hydrogen (secondary N) is 1. The molecule has 0 aromatic carbocycles. The summed E-state index contributed by atoms with van der Waals surface area (Å²) in [5.74, 6) is 0.993. The number of carbonyl (C=O) groups excluding carboxylic acids is 1. The van der Waals surface area contributed by atoms with E-state index in [1.165, 1.54) is 0 Å². The van der Waals surface area contributed by atoms with Crippen LogP contribution in [0, 0.1) is 11.3 Å². The first-order valence-corrected chi connectivity index (χ1v) is 11.9. The van der Waals surface area contributed by atoms with Crippen molar-refractivity contribution in [3.8, 4) is 6.07 Å². The topological polar surface area (TPSA) is 96.7 Å². The van der Waals surface area contributed by atoms with E-state index in [0.717, 1.165) is 37.0 Å². The maximum absolute atomic E-state index is 11.9. The Labute approximate surface area is 198 Å². The lowest BCUT2D eigenvalue weighted by molar-refractivity contribution is -0.121. The van der Waals surface area contributed by atoms with Crippen LogP contribution in [0.2, 0.25) is 0 Å². The zero-order valence-electron chi connectivity index (χ0n) is 20.9. The molecule has 0 spiro atoms. The highest BCUT2D eigenvalue weighted by Crippen LogP contribution is 2.42. The maximum atomic E-state index is 11.9. The summed E-state index contributed by atoms with van der Waals surface area (Å²) in [6.45, 7) is 12.4. The number of aromatic nitrogens is 1. The molecule has 0 radical (unpaired) electrons. The van der Waals surface area contributed by atoms with E-state index in [2.05, 4.69) is 23.2 Å². The van der Waals surface area contributed by atoms with Crippen molar-refractivity contribution < 1.29 is 18.8 Å². The predicted octanol–water partition coefficient (Wildman–Crippen LogP) is 2.50. The summed E-state index contributed by atoms with van der Waals surface area (Å²) in [6, 6.07) is 4.24. The van der Waals surface area contributed by atoms with Crippen LogP contribution in [-0.4, -0.2) is 62.6 Å². The van der Waals surface area contributed by atoms with Crippen LogP contribution < -0.4 is 15.7 Å². The molecule has 1 aliphatic heterocycles. The van der Waals surface area contributed by atoms with Crippen molar-refractivity contribution in [2.24, 2.45) is 0 Å². The summed E-state index contributed by atoms with van der Waals surface area (Å²) in [6.07, 6.45) is 3.39. The molecule has 0 atom stereocenters. The minimum Gasteiger partial charge on any atom is -0.399 e. The van der Waals surface area contributed by atoms with E-state index in [-0.39, 0.29) is 5.91 Å². The molecule has 1 N–H and O–H groups in total. The Balaban J connectivity index is 1.86. The average Bonchev–Trinajstić information content (AvgIpc) is 3.57. The maximum Gasteiger partial charge on any atom is 0.496 e. The third kappa shape index (κ3) is 5.86. The molecule has 3 rings (SSSR count). The van der Waals surface area contributed by atoms with Gasteiger partial charge in [0.05, 0.1) is 23.4 Å². The molecule has 1 aromatic rings. The first-order valence-electron chi connectivity index (χ1n) is 11.9. The Hall–Kier alpha value is -2.15. The van der Waals surface area contributed by atoms with E-state index < -0.39 is 18.3 Å². The number of pyridine rings is 1. The third-order valence-corrected chi connectivity index (χ3v) is 6.68. The summed E-state index contributed by atoms with van der Waals surface area (Å²) in [4.78, 5) is 19.1. The first kappa shape index (κ1) is 25.5. The molecule has 180 valence electrons. The first-order chi connectivity index (χ1) is 15.6. The highest BCUT2D eigenvalue weighted by molar-refractivity contribution is 6.62. The second-order valence-corrected chi connectivity index (χ2v) is 9.89. The lowest BCUT2D eigenvalue weighted by Crippen LogP contribution is -2.41. The van der Waals surface area contributed by atoms with Gasteiger partial charge in [-0.2, -0.15) is 5.26 Å². The molecule has 1 aliphatic carbocycles. The van der Waals surface area contributed by atoms with Gasteiger partial charge in [-0.25, -0.2) is 4.98 Å². The second-order valence-electron chi connectivity index (χ2n) is 9.89. The molecule has 9 heteroatoms. The highest BCUT2D eigenvalue weighted by atomic mass is 16.7. The number of carbonyl (C=O) groups is 1. The van der Waals surface area contributed by atoms with Crippen molar-refractivity contribution in [3.05, 3.63) is 17.3 Å². The smallest absolute Gasteiger partial charge is 0.399 e. The quantitative estimate of drug-likeness (QED) is 0.511. The minimum absolute atomic E-state index is 0.0449. The lowest BCUT2D eigenvalue weighted by Gasteiger charge is -2.32. The molecule has 2 fully saturated rings. The van der Waals surface area contributed by atoms with Gasteiger partial charge in [0, 0.05) is 50.2 Å². The van der Waals surface area contributed by atoms with E-state index >= 15 is 0 Å². The van der Waals surface area contributed by atoms with Gasteiger partial charge in [-0.1, -0.05) is 6.92 Å². The van der Waals surface area contributed by atoms with Gasteiger partial charge in [0.2, 0.25) is 5.91 Å². The standard InChI is InChI=1S/C24H37BN4O4/c1-7-12-29(13-11-27-20(30)10-14-31-6)22-18(16-26)15-19(21(28-22)17-8-9-17)25-32-23(2,3)24(4,5)33-25/h15,17H,7-14H2,1-6H3,(H,27,30). The number of hydrogen-bond acceptors (Lipinski definition) is 7. The van der Waals surface area contributed by atoms with Crippen LogP contribution in [0.25, 0.3) is 0 Å². The molecule has 2 aliphatic rings. The van der Waals surface area contributed by atoms with Gasteiger partial charge in [-0.05, 0) is 53.0 Å². The summed E-state index contributed by atoms with van der Waals surface area (Å²) in [5.41, 5.74) is 1.41. The van der Waals surface area contributed by atoms with Crippen LogP contribution >= 0.6 is 0 Å². The third-order valence-electron chi connectivity index (χ3n) is 6.68. The molecule has 33 heavy (non-hydrogen) atoms. The van der Waals surface area contributed by atoms with Crippen LogP contribution in [-0.2, 0) is 18.8 Å². The SMILES string of the molecule is CCCN(CCNC(=O)CCOC)c1nc(C2CC2)c(B2OC(C)(C)C(C)(C)O2)cc1C#N. The molecule has 2 heterocycles. The number of rotatable bonds is 11. The van der Waals surface area contributed by atoms with Gasteiger partial charge in [-0.3, -0.25) is 4.79 Å². The fourth-order valence-corrected chi connectivity index (χ4v) is 3.91. The summed E-state index contributed by atoms with van der Waals surface area (Å²) >= 11 is 0. The molecule has 0 unspecified atom stereocenters. The molecule has 0 bridgehead atoms. The molecule has 1 saturated heterocycles. The Bertz CT molecular complexity index is 879. The molecule has 1 amide bonds. The average molecular weight is 456 g/mol. The number of hydrogen-bond donors (Lipinski definition) is 1. The van der Waals surface area contributed by atoms with E-state index in [4.69, 9.17) is 19.0 Å². The van der Waals surface area contributed by atoms with Crippen LogP contribution in [0.4, 0.5) is 5.82 Å². The van der Waals surface area contributed by atoms with Crippen LogP contribution in [0.3, 0.4) is 0 Å². The van der Waals surface area contributed by atoms with E-state index in [9.17, 15) is 10.1 Å². The number of anilines is 1. The van der Waals surface area contributed by atoms with Gasteiger partial charge in [0.1, 0.15) is 11.9 Å². The number of nitrogens with zero attached hydrogens (tertiary/aromatic N) is 3. The fraction of sp³-hybridized carbons (Fsp3) is 0.708. The number of amides is 1. The van der Waals surface area contributed by atoms with Crippen LogP contribution in [0.15, 0.2) is 6.07 Å². The van der Waals surface area contributed by atoms with E-state index in [0.29, 0.717) is 43.4 Å². The zero-order chi connectivity index (χ0) is 24.2. The second kappa shape index (κ2) is 10.4. The zero-order valence-corrected chi connectivity index (χ0v) is 20.9. The number of ether oxygens (including phenoxy) is 1. The molecule has 1 aromatic heterocycles. The molecular weight excluding hydrogens is 419 g/mol. The fourth-order valence-electron chi connectivity index (χ4n) is 3.91. The Morgan fingerprint density at radius 1 is 1.30 bits per heavy atom. The van der Waals surface area contributed by atoms with Crippen molar-refractivity contribution in [1.29, 1.82) is 5.26 Å². The Morgan fingerprint density at radius 3 is 2.52 bits per heavy atom. The lowest BCUT2D eigenvalue weighted by atomic mass is 9.76. The number of nitriles is 1. The number of methoxy groups -OCH3 is 1. The van der Waals surface area contributed by atoms with Gasteiger partial charge in [0.25, 0.3) is 0 Å². The van der Waals surface area contributed by atoms with Gasteiger partial charge >= 0.3 is 7.12 Å². The largest absolute Gasteiger partial charge is 0.496 e. The Kier molecular flexibility index (Phi) is 8.04. The van der Waals surface area contributed by atoms with Gasteiger partial charge in [-0.15, -0.1) is 0 Å². The van der Waals surface area contributed by atoms with Crippen molar-refractivity contribution >= 4 is 24.3 Å². The summed E-state index contributed by atoms with van der Waals surface area (Å²) in [7, 11) is 1.04. The monoisotopic (exact) mass is 456 g/mol. The van der Waals surface area contributed by atoms with E-state index in [1.54, 1.807) is 7.11 Å². The van der Waals surface area contributed by atoms with Crippen molar-refractivity contribution in [3.63, 3.8) is 0 Å². The van der Waals surface area contributed by atoms with Crippen molar-refractivity contribution in [2.45, 2.75) is 77.4 Å². The molecule has 8 nitrogen and oxygen atoms in total. The molecular formula is C24H37BN4O4. The van der Waals surface area contributed by atoms with Crippen molar-refractivity contribution in [1.82, 2.24) is 10.3 Å². The Morgan fingerprint density at radius 2 is 1.97 bits per heavy atom. The van der Waals surface area contributed by atoms with Crippen LogP contribution in [0.5, 0.6) is 0 Å². The van der Waals surface area contributed by atoms with Crippen molar-refractivity contribution in [2.75, 3.05) is 38.3 Å². The predicted molar refractivity (Wildman–Crippen MR) is 129 cm³/mol. The normalized spacial score (nSPS) is 18.8. The summed E-state index contributed by atoms with van der Waals surface area (Å²) < 4.78 is 17.6.